The van der Waals surface area contributed by atoms with Gasteiger partial charge >= 0.3 is 6.03 Å². The summed E-state index contributed by atoms with van der Waals surface area (Å²) in [4.78, 5) is 37.7. The average Bonchev–Trinajstić information content (AvgIpc) is 3.09. The van der Waals surface area contributed by atoms with Gasteiger partial charge in [0.2, 0.25) is 5.91 Å². The molecule has 7 heteroatoms. The summed E-state index contributed by atoms with van der Waals surface area (Å²) in [5.41, 5.74) is -0.0153. The van der Waals surface area contributed by atoms with Crippen LogP contribution in [-0.4, -0.2) is 17.8 Å². The molecule has 1 unspecified atom stereocenters. The second-order valence-electron chi connectivity index (χ2n) is 5.89. The van der Waals surface area contributed by atoms with Crippen LogP contribution < -0.4 is 16.0 Å². The molecule has 25 heavy (non-hydrogen) atoms. The van der Waals surface area contributed by atoms with Crippen LogP contribution in [0.25, 0.3) is 6.08 Å². The Labute approximate surface area is 148 Å². The first-order valence-corrected chi connectivity index (χ1v) is 8.48. The molecule has 1 aliphatic rings. The van der Waals surface area contributed by atoms with Gasteiger partial charge in [-0.25, -0.2) is 4.79 Å². The fraction of sp³-hybridized carbons (Fsp3) is 0.167. The molecule has 6 nitrogen and oxygen atoms in total. The summed E-state index contributed by atoms with van der Waals surface area (Å²) in [5, 5.41) is 7.58. The molecular weight excluding hydrogens is 338 g/mol. The highest BCUT2D eigenvalue weighted by molar-refractivity contribution is 7.12. The first-order chi connectivity index (χ1) is 11.9. The monoisotopic (exact) mass is 355 g/mol. The molecule has 0 aliphatic carbocycles. The van der Waals surface area contributed by atoms with E-state index in [9.17, 15) is 14.4 Å². The van der Waals surface area contributed by atoms with E-state index in [0.717, 1.165) is 4.88 Å². The van der Waals surface area contributed by atoms with Crippen LogP contribution >= 0.6 is 11.3 Å². The molecule has 1 fully saturated rings. The van der Waals surface area contributed by atoms with Crippen molar-refractivity contribution in [3.8, 4) is 0 Å². The Morgan fingerprint density at radius 3 is 2.68 bits per heavy atom. The SMILES string of the molecule is Cc1ccc(/C=C/C(=O)Nc2cccc(C3(C)NC(=O)NC3=O)c2)s1. The van der Waals surface area contributed by atoms with Crippen LogP contribution in [0.1, 0.15) is 22.2 Å². The highest BCUT2D eigenvalue weighted by Crippen LogP contribution is 2.26. The molecule has 4 amide bonds. The molecule has 3 rings (SSSR count). The van der Waals surface area contributed by atoms with Crippen LogP contribution in [0.15, 0.2) is 42.5 Å². The zero-order chi connectivity index (χ0) is 18.0. The fourth-order valence-corrected chi connectivity index (χ4v) is 3.32. The molecule has 0 saturated carbocycles. The molecule has 1 aliphatic heterocycles. The lowest BCUT2D eigenvalue weighted by atomic mass is 9.92. The van der Waals surface area contributed by atoms with Crippen molar-refractivity contribution in [3.05, 3.63) is 57.8 Å². The third kappa shape index (κ3) is 3.61. The summed E-state index contributed by atoms with van der Waals surface area (Å²) in [6.45, 7) is 3.62. The minimum Gasteiger partial charge on any atom is -0.323 e. The zero-order valence-electron chi connectivity index (χ0n) is 13.8. The maximum absolute atomic E-state index is 12.1. The molecule has 128 valence electrons. The number of benzene rings is 1. The van der Waals surface area contributed by atoms with Gasteiger partial charge in [-0.15, -0.1) is 11.3 Å². The third-order valence-electron chi connectivity index (χ3n) is 3.91. The van der Waals surface area contributed by atoms with Gasteiger partial charge in [0, 0.05) is 21.5 Å². The fourth-order valence-electron chi connectivity index (χ4n) is 2.54. The predicted octanol–water partition coefficient (Wildman–Crippen LogP) is 2.76. The molecule has 1 atom stereocenters. The van der Waals surface area contributed by atoms with Crippen molar-refractivity contribution in [3.63, 3.8) is 0 Å². The largest absolute Gasteiger partial charge is 0.323 e. The summed E-state index contributed by atoms with van der Waals surface area (Å²) in [7, 11) is 0. The molecular formula is C18H17N3O3S. The Hall–Kier alpha value is -2.93. The summed E-state index contributed by atoms with van der Waals surface area (Å²) in [6, 6.07) is 10.3. The van der Waals surface area contributed by atoms with Gasteiger partial charge < -0.3 is 10.6 Å². The molecule has 1 saturated heterocycles. The molecule has 1 aromatic carbocycles. The van der Waals surface area contributed by atoms with E-state index in [4.69, 9.17) is 0 Å². The van der Waals surface area contributed by atoms with E-state index in [1.54, 1.807) is 48.6 Å². The van der Waals surface area contributed by atoms with Gasteiger partial charge in [-0.2, -0.15) is 0 Å². The van der Waals surface area contributed by atoms with Crippen molar-refractivity contribution in [2.24, 2.45) is 0 Å². The Kier molecular flexibility index (Phi) is 4.41. The summed E-state index contributed by atoms with van der Waals surface area (Å²) >= 11 is 1.60. The van der Waals surface area contributed by atoms with E-state index in [-0.39, 0.29) is 5.91 Å². The Bertz CT molecular complexity index is 887. The van der Waals surface area contributed by atoms with E-state index >= 15 is 0 Å². The van der Waals surface area contributed by atoms with E-state index < -0.39 is 17.5 Å². The summed E-state index contributed by atoms with van der Waals surface area (Å²) in [6.07, 6.45) is 3.21. The third-order valence-corrected chi connectivity index (χ3v) is 4.88. The number of imide groups is 1. The smallest absolute Gasteiger partial charge is 0.322 e. The van der Waals surface area contributed by atoms with Crippen molar-refractivity contribution in [2.75, 3.05) is 5.32 Å². The van der Waals surface area contributed by atoms with Crippen molar-refractivity contribution in [1.29, 1.82) is 0 Å². The highest BCUT2D eigenvalue weighted by Gasteiger charge is 2.43. The molecule has 1 aromatic heterocycles. The second-order valence-corrected chi connectivity index (χ2v) is 7.20. The topological polar surface area (TPSA) is 87.3 Å². The first-order valence-electron chi connectivity index (χ1n) is 7.66. The number of rotatable bonds is 4. The number of anilines is 1. The Morgan fingerprint density at radius 1 is 1.24 bits per heavy atom. The quantitative estimate of drug-likeness (QED) is 0.582. The number of thiophene rings is 1. The van der Waals surface area contributed by atoms with E-state index in [0.29, 0.717) is 11.3 Å². The molecule has 2 heterocycles. The lowest BCUT2D eigenvalue weighted by Gasteiger charge is -2.21. The van der Waals surface area contributed by atoms with E-state index in [2.05, 4.69) is 16.0 Å². The predicted molar refractivity (Wildman–Crippen MR) is 97.2 cm³/mol. The van der Waals surface area contributed by atoms with Gasteiger partial charge in [0.15, 0.2) is 0 Å². The number of aryl methyl sites for hydroxylation is 1. The van der Waals surface area contributed by atoms with Crippen molar-refractivity contribution in [1.82, 2.24) is 10.6 Å². The summed E-state index contributed by atoms with van der Waals surface area (Å²) in [5.74, 6) is -0.692. The lowest BCUT2D eigenvalue weighted by molar-refractivity contribution is -0.123. The number of hydrogen-bond donors (Lipinski definition) is 3. The number of carbonyl (C=O) groups excluding carboxylic acids is 3. The van der Waals surface area contributed by atoms with Gasteiger partial charge in [0.1, 0.15) is 5.54 Å². The normalized spacial score (nSPS) is 19.8. The molecule has 0 radical (unpaired) electrons. The average molecular weight is 355 g/mol. The van der Waals surface area contributed by atoms with E-state index in [1.165, 1.54) is 11.0 Å². The maximum atomic E-state index is 12.1. The number of carbonyl (C=O) groups is 3. The maximum Gasteiger partial charge on any atom is 0.322 e. The minimum atomic E-state index is -1.15. The van der Waals surface area contributed by atoms with Gasteiger partial charge in [0.25, 0.3) is 5.91 Å². The molecule has 0 bridgehead atoms. The van der Waals surface area contributed by atoms with Gasteiger partial charge in [-0.3, -0.25) is 14.9 Å². The number of amides is 4. The zero-order valence-corrected chi connectivity index (χ0v) is 14.6. The van der Waals surface area contributed by atoms with Crippen molar-refractivity contribution >= 4 is 40.9 Å². The number of hydrogen-bond acceptors (Lipinski definition) is 4. The Morgan fingerprint density at radius 2 is 2.04 bits per heavy atom. The Balaban J connectivity index is 1.73. The number of nitrogens with one attached hydrogen (secondary N) is 3. The standard InChI is InChI=1S/C18H17N3O3S/c1-11-6-7-14(25-11)8-9-15(22)19-13-5-3-4-12(10-13)18(2)16(23)20-17(24)21-18/h3-10H,1-2H3,(H,19,22)(H2,20,21,23,24)/b9-8+. The second kappa shape index (κ2) is 6.52. The number of urea groups is 1. The van der Waals surface area contributed by atoms with Gasteiger partial charge in [0.05, 0.1) is 0 Å². The first kappa shape index (κ1) is 16.9. The van der Waals surface area contributed by atoms with Gasteiger partial charge in [-0.05, 0) is 49.8 Å². The van der Waals surface area contributed by atoms with Crippen molar-refractivity contribution in [2.45, 2.75) is 19.4 Å². The van der Waals surface area contributed by atoms with Crippen LogP contribution in [0, 0.1) is 6.92 Å². The highest BCUT2D eigenvalue weighted by atomic mass is 32.1. The van der Waals surface area contributed by atoms with Gasteiger partial charge in [-0.1, -0.05) is 12.1 Å². The van der Waals surface area contributed by atoms with Crippen LogP contribution in [-0.2, 0) is 15.1 Å². The summed E-state index contributed by atoms with van der Waals surface area (Å²) < 4.78 is 0. The van der Waals surface area contributed by atoms with Crippen LogP contribution in [0.3, 0.4) is 0 Å². The van der Waals surface area contributed by atoms with Crippen LogP contribution in [0.4, 0.5) is 10.5 Å². The minimum absolute atomic E-state index is 0.270. The lowest BCUT2D eigenvalue weighted by Crippen LogP contribution is -2.40. The molecule has 2 aromatic rings. The van der Waals surface area contributed by atoms with Crippen molar-refractivity contribution < 1.29 is 14.4 Å². The van der Waals surface area contributed by atoms with E-state index in [1.807, 2.05) is 19.1 Å². The molecule has 3 N–H and O–H groups in total. The van der Waals surface area contributed by atoms with Crippen LogP contribution in [0.5, 0.6) is 0 Å². The van der Waals surface area contributed by atoms with Crippen LogP contribution in [0.2, 0.25) is 0 Å². The molecule has 0 spiro atoms.